The van der Waals surface area contributed by atoms with E-state index in [4.69, 9.17) is 21.3 Å². The molecule has 1 saturated heterocycles. The Morgan fingerprint density at radius 1 is 1.21 bits per heavy atom. The fourth-order valence-electron chi connectivity index (χ4n) is 3.93. The Labute approximate surface area is 171 Å². The number of alkyl halides is 3. The van der Waals surface area contributed by atoms with Crippen molar-refractivity contribution in [2.24, 2.45) is 0 Å². The van der Waals surface area contributed by atoms with Gasteiger partial charge in [0, 0.05) is 36.8 Å². The molecule has 3 heterocycles. The Kier molecular flexibility index (Phi) is 5.29. The van der Waals surface area contributed by atoms with Crippen molar-refractivity contribution in [3.63, 3.8) is 0 Å². The minimum Gasteiger partial charge on any atom is -0.381 e. The van der Waals surface area contributed by atoms with Crippen molar-refractivity contribution in [1.82, 2.24) is 14.6 Å². The van der Waals surface area contributed by atoms with Crippen molar-refractivity contribution in [3.8, 4) is 0 Å². The smallest absolute Gasteiger partial charge is 0.381 e. The summed E-state index contributed by atoms with van der Waals surface area (Å²) in [4.78, 5) is 4.82. The van der Waals surface area contributed by atoms with Crippen LogP contribution in [0.2, 0.25) is 5.15 Å². The van der Waals surface area contributed by atoms with Crippen LogP contribution in [0.5, 0.6) is 0 Å². The van der Waals surface area contributed by atoms with Gasteiger partial charge in [0.15, 0.2) is 5.65 Å². The minimum absolute atomic E-state index is 0.227. The number of aromatic nitrogens is 3. The number of fused-ring (bicyclic) bond motifs is 1. The summed E-state index contributed by atoms with van der Waals surface area (Å²) in [5, 5.41) is 4.92. The minimum atomic E-state index is -4.38. The van der Waals surface area contributed by atoms with Crippen molar-refractivity contribution in [1.29, 1.82) is 0 Å². The van der Waals surface area contributed by atoms with E-state index in [2.05, 4.69) is 5.10 Å². The van der Waals surface area contributed by atoms with E-state index >= 15 is 0 Å². The van der Waals surface area contributed by atoms with Gasteiger partial charge in [0.05, 0.1) is 11.3 Å². The van der Waals surface area contributed by atoms with Gasteiger partial charge >= 0.3 is 6.18 Å². The van der Waals surface area contributed by atoms with Gasteiger partial charge < -0.3 is 4.74 Å². The third-order valence-electron chi connectivity index (χ3n) is 5.62. The van der Waals surface area contributed by atoms with Gasteiger partial charge in [-0.05, 0) is 49.9 Å². The lowest BCUT2D eigenvalue weighted by molar-refractivity contribution is -0.138. The van der Waals surface area contributed by atoms with Gasteiger partial charge in [0.1, 0.15) is 5.15 Å². The Morgan fingerprint density at radius 2 is 1.93 bits per heavy atom. The predicted octanol–water partition coefficient (Wildman–Crippen LogP) is 5.50. The molecule has 0 unspecified atom stereocenters. The topological polar surface area (TPSA) is 39.4 Å². The summed E-state index contributed by atoms with van der Waals surface area (Å²) in [5.74, 6) is 0.254. The van der Waals surface area contributed by atoms with Gasteiger partial charge in [0.2, 0.25) is 0 Å². The second-order valence-electron chi connectivity index (χ2n) is 7.45. The fourth-order valence-corrected chi connectivity index (χ4v) is 4.16. The molecule has 4 nitrogen and oxygen atoms in total. The molecule has 8 heteroatoms. The number of ether oxygens (including phenoxy) is 1. The monoisotopic (exact) mass is 423 g/mol. The van der Waals surface area contributed by atoms with Crippen LogP contribution in [0, 0.1) is 13.8 Å². The molecule has 29 heavy (non-hydrogen) atoms. The van der Waals surface area contributed by atoms with Crippen molar-refractivity contribution in [3.05, 3.63) is 63.1 Å². The lowest BCUT2D eigenvalue weighted by atomic mass is 9.95. The van der Waals surface area contributed by atoms with Crippen LogP contribution in [0.4, 0.5) is 13.2 Å². The van der Waals surface area contributed by atoms with E-state index in [1.54, 1.807) is 10.6 Å². The van der Waals surface area contributed by atoms with Crippen molar-refractivity contribution in [2.75, 3.05) is 13.2 Å². The highest BCUT2D eigenvalue weighted by molar-refractivity contribution is 6.29. The number of aryl methyl sites for hydroxylation is 1. The number of nitrogens with zero attached hydrogens (tertiary/aromatic N) is 3. The molecule has 0 saturated carbocycles. The quantitative estimate of drug-likeness (QED) is 0.522. The Balaban J connectivity index is 1.78. The van der Waals surface area contributed by atoms with E-state index in [0.29, 0.717) is 41.7 Å². The molecule has 1 aliphatic rings. The molecular weight excluding hydrogens is 403 g/mol. The second-order valence-corrected chi connectivity index (χ2v) is 7.84. The van der Waals surface area contributed by atoms with Gasteiger partial charge in [-0.15, -0.1) is 0 Å². The summed E-state index contributed by atoms with van der Waals surface area (Å²) in [7, 11) is 0. The fraction of sp³-hybridized carbons (Fsp3) is 0.429. The first kappa shape index (κ1) is 20.2. The van der Waals surface area contributed by atoms with Crippen LogP contribution >= 0.6 is 11.6 Å². The highest BCUT2D eigenvalue weighted by Crippen LogP contribution is 2.34. The average Bonchev–Trinajstić information content (AvgIpc) is 2.99. The molecule has 154 valence electrons. The van der Waals surface area contributed by atoms with Gasteiger partial charge in [-0.25, -0.2) is 9.50 Å². The van der Waals surface area contributed by atoms with Gasteiger partial charge in [-0.1, -0.05) is 23.7 Å². The van der Waals surface area contributed by atoms with Crippen molar-refractivity contribution in [2.45, 2.75) is 45.2 Å². The maximum atomic E-state index is 13.3. The normalized spacial score (nSPS) is 15.9. The van der Waals surface area contributed by atoms with Crippen molar-refractivity contribution >= 4 is 17.2 Å². The molecule has 0 bridgehead atoms. The van der Waals surface area contributed by atoms with Crippen LogP contribution in [-0.4, -0.2) is 27.8 Å². The van der Waals surface area contributed by atoms with Crippen LogP contribution in [0.15, 0.2) is 24.3 Å². The molecule has 3 aromatic rings. The Hall–Kier alpha value is -2.12. The first-order valence-electron chi connectivity index (χ1n) is 9.53. The number of hydrogen-bond acceptors (Lipinski definition) is 3. The third-order valence-corrected chi connectivity index (χ3v) is 5.89. The molecule has 1 aliphatic heterocycles. The molecule has 0 aliphatic carbocycles. The predicted molar refractivity (Wildman–Crippen MR) is 105 cm³/mol. The van der Waals surface area contributed by atoms with E-state index in [1.165, 1.54) is 13.0 Å². The lowest BCUT2D eigenvalue weighted by Gasteiger charge is -2.21. The van der Waals surface area contributed by atoms with Crippen LogP contribution in [0.25, 0.3) is 5.65 Å². The molecule has 1 aromatic carbocycles. The van der Waals surface area contributed by atoms with Crippen LogP contribution in [0.3, 0.4) is 0 Å². The van der Waals surface area contributed by atoms with E-state index in [0.717, 1.165) is 30.2 Å². The number of rotatable bonds is 3. The first-order chi connectivity index (χ1) is 13.8. The third kappa shape index (κ3) is 3.85. The molecular formula is C21H21ClF3N3O. The van der Waals surface area contributed by atoms with Crippen LogP contribution < -0.4 is 0 Å². The largest absolute Gasteiger partial charge is 0.416 e. The first-order valence-corrected chi connectivity index (χ1v) is 9.91. The molecule has 0 radical (unpaired) electrons. The zero-order valence-electron chi connectivity index (χ0n) is 16.2. The summed E-state index contributed by atoms with van der Waals surface area (Å²) in [5.41, 5.74) is 3.21. The van der Waals surface area contributed by atoms with Gasteiger partial charge in [0.25, 0.3) is 0 Å². The van der Waals surface area contributed by atoms with Crippen LogP contribution in [-0.2, 0) is 17.3 Å². The molecule has 0 atom stereocenters. The van der Waals surface area contributed by atoms with E-state index in [1.807, 2.05) is 13.0 Å². The number of hydrogen-bond donors (Lipinski definition) is 0. The molecule has 4 rings (SSSR count). The molecule has 0 amide bonds. The zero-order valence-corrected chi connectivity index (χ0v) is 16.9. The highest BCUT2D eigenvalue weighted by atomic mass is 35.5. The maximum absolute atomic E-state index is 13.3. The summed E-state index contributed by atoms with van der Waals surface area (Å²) >= 11 is 6.47. The Bertz CT molecular complexity index is 1060. The van der Waals surface area contributed by atoms with Gasteiger partial charge in [-0.2, -0.15) is 18.3 Å². The van der Waals surface area contributed by atoms with Crippen molar-refractivity contribution < 1.29 is 17.9 Å². The molecule has 1 fully saturated rings. The second kappa shape index (κ2) is 7.61. The zero-order chi connectivity index (χ0) is 20.8. The van der Waals surface area contributed by atoms with E-state index < -0.39 is 11.7 Å². The summed E-state index contributed by atoms with van der Waals surface area (Å²) in [6, 6.07) is 6.11. The summed E-state index contributed by atoms with van der Waals surface area (Å²) in [6.07, 6.45) is -2.33. The summed E-state index contributed by atoms with van der Waals surface area (Å²) < 4.78 is 46.9. The standard InChI is InChI=1S/C21H21ClF3N3O/c1-12-15(4-3-5-17(12)21(23,24)25)10-16-13(2)27-28-19(22)11-18(26-20(16)28)14-6-8-29-9-7-14/h3-5,11,14H,6-10H2,1-2H3. The van der Waals surface area contributed by atoms with E-state index in [9.17, 15) is 13.2 Å². The highest BCUT2D eigenvalue weighted by Gasteiger charge is 2.33. The average molecular weight is 424 g/mol. The SMILES string of the molecule is Cc1nn2c(Cl)cc(C3CCOCC3)nc2c1Cc1cccc(C(F)(F)F)c1C. The molecule has 2 aromatic heterocycles. The molecule has 0 spiro atoms. The lowest BCUT2D eigenvalue weighted by Crippen LogP contribution is -2.15. The molecule has 0 N–H and O–H groups in total. The maximum Gasteiger partial charge on any atom is 0.416 e. The summed E-state index contributed by atoms with van der Waals surface area (Å²) in [6.45, 7) is 4.71. The number of benzene rings is 1. The van der Waals surface area contributed by atoms with Crippen LogP contribution in [0.1, 0.15) is 52.4 Å². The Morgan fingerprint density at radius 3 is 2.62 bits per heavy atom. The number of halogens is 4. The van der Waals surface area contributed by atoms with Gasteiger partial charge in [-0.3, -0.25) is 0 Å². The van der Waals surface area contributed by atoms with E-state index in [-0.39, 0.29) is 11.5 Å².